The first-order valence-corrected chi connectivity index (χ1v) is 7.09. The number of nitro benzene ring substituents is 1. The number of rotatable bonds is 5. The molecule has 1 N–H and O–H groups in total. The molecule has 1 aromatic heterocycles. The number of hydrogen-bond acceptors (Lipinski definition) is 5. The predicted octanol–water partition coefficient (Wildman–Crippen LogP) is 2.97. The Labute approximate surface area is 121 Å². The van der Waals surface area contributed by atoms with Crippen molar-refractivity contribution in [3.63, 3.8) is 0 Å². The molecule has 0 aliphatic rings. The van der Waals surface area contributed by atoms with Crippen LogP contribution in [0.4, 0.5) is 11.4 Å². The Morgan fingerprint density at radius 1 is 1.50 bits per heavy atom. The van der Waals surface area contributed by atoms with Crippen molar-refractivity contribution in [1.29, 1.82) is 0 Å². The average Bonchev–Trinajstić information content (AvgIpc) is 2.73. The summed E-state index contributed by atoms with van der Waals surface area (Å²) in [5, 5.41) is 19.3. The SMILES string of the molecule is CNc1c(CSc2cc(C)nn2C)cccc1[N+](=O)[O-]. The molecule has 2 aromatic rings. The van der Waals surface area contributed by atoms with Crippen molar-refractivity contribution in [1.82, 2.24) is 9.78 Å². The Bertz CT molecular complexity index is 639. The number of nitrogens with one attached hydrogen (secondary N) is 1. The van der Waals surface area contributed by atoms with Crippen molar-refractivity contribution >= 4 is 23.1 Å². The van der Waals surface area contributed by atoms with E-state index in [1.807, 2.05) is 30.8 Å². The smallest absolute Gasteiger partial charge is 0.292 e. The summed E-state index contributed by atoms with van der Waals surface area (Å²) in [5.41, 5.74) is 2.55. The Morgan fingerprint density at radius 3 is 2.80 bits per heavy atom. The zero-order valence-corrected chi connectivity index (χ0v) is 12.4. The van der Waals surface area contributed by atoms with E-state index in [1.165, 1.54) is 6.07 Å². The maximum absolute atomic E-state index is 11.0. The van der Waals surface area contributed by atoms with Crippen molar-refractivity contribution in [2.75, 3.05) is 12.4 Å². The van der Waals surface area contributed by atoms with Gasteiger partial charge in [0.1, 0.15) is 5.69 Å². The normalized spacial score (nSPS) is 10.6. The van der Waals surface area contributed by atoms with Crippen LogP contribution in [0.3, 0.4) is 0 Å². The first-order valence-electron chi connectivity index (χ1n) is 6.10. The number of hydrogen-bond donors (Lipinski definition) is 1. The average molecular weight is 292 g/mol. The van der Waals surface area contributed by atoms with E-state index in [0.29, 0.717) is 11.4 Å². The standard InChI is InChI=1S/C13H16N4O2S/c1-9-7-12(16(3)15-9)20-8-10-5-4-6-11(17(18)19)13(10)14-2/h4-7,14H,8H2,1-3H3. The summed E-state index contributed by atoms with van der Waals surface area (Å²) in [7, 11) is 3.59. The van der Waals surface area contributed by atoms with Crippen molar-refractivity contribution in [2.45, 2.75) is 17.7 Å². The van der Waals surface area contributed by atoms with Crippen molar-refractivity contribution in [3.8, 4) is 0 Å². The molecule has 0 bridgehead atoms. The molecule has 1 aromatic carbocycles. The van der Waals surface area contributed by atoms with Gasteiger partial charge in [-0.3, -0.25) is 14.8 Å². The summed E-state index contributed by atoms with van der Waals surface area (Å²) in [6.45, 7) is 1.94. The highest BCUT2D eigenvalue weighted by atomic mass is 32.2. The maximum atomic E-state index is 11.0. The molecule has 0 radical (unpaired) electrons. The monoisotopic (exact) mass is 292 g/mol. The van der Waals surface area contributed by atoms with Crippen LogP contribution in [0.2, 0.25) is 0 Å². The number of nitrogens with zero attached hydrogens (tertiary/aromatic N) is 3. The third kappa shape index (κ3) is 2.93. The van der Waals surface area contributed by atoms with Gasteiger partial charge in [0.2, 0.25) is 0 Å². The van der Waals surface area contributed by atoms with Crippen LogP contribution in [-0.4, -0.2) is 21.8 Å². The summed E-state index contributed by atoms with van der Waals surface area (Å²) < 4.78 is 1.82. The Kier molecular flexibility index (Phi) is 4.29. The van der Waals surface area contributed by atoms with Crippen LogP contribution in [0.5, 0.6) is 0 Å². The van der Waals surface area contributed by atoms with Gasteiger partial charge in [-0.15, -0.1) is 11.8 Å². The summed E-state index contributed by atoms with van der Waals surface area (Å²) in [6, 6.07) is 7.12. The minimum atomic E-state index is -0.367. The fourth-order valence-corrected chi connectivity index (χ4v) is 3.05. The molecule has 1 heterocycles. The van der Waals surface area contributed by atoms with Crippen molar-refractivity contribution in [3.05, 3.63) is 45.6 Å². The van der Waals surface area contributed by atoms with Gasteiger partial charge in [-0.1, -0.05) is 12.1 Å². The van der Waals surface area contributed by atoms with E-state index in [1.54, 1.807) is 24.9 Å². The van der Waals surface area contributed by atoms with Crippen LogP contribution in [-0.2, 0) is 12.8 Å². The van der Waals surface area contributed by atoms with Gasteiger partial charge in [0, 0.05) is 25.9 Å². The Balaban J connectivity index is 2.23. The van der Waals surface area contributed by atoms with Crippen LogP contribution < -0.4 is 5.32 Å². The molecule has 0 fully saturated rings. The Morgan fingerprint density at radius 2 is 2.25 bits per heavy atom. The molecule has 7 heteroatoms. The highest BCUT2D eigenvalue weighted by molar-refractivity contribution is 7.98. The van der Waals surface area contributed by atoms with Gasteiger partial charge in [0.05, 0.1) is 15.6 Å². The van der Waals surface area contributed by atoms with Crippen molar-refractivity contribution < 1.29 is 4.92 Å². The first kappa shape index (κ1) is 14.4. The summed E-state index contributed by atoms with van der Waals surface area (Å²) in [5.74, 6) is 0.650. The number of aryl methyl sites for hydroxylation is 2. The second-order valence-corrected chi connectivity index (χ2v) is 5.35. The minimum Gasteiger partial charge on any atom is -0.382 e. The number of thioether (sulfide) groups is 1. The lowest BCUT2D eigenvalue weighted by Gasteiger charge is -2.09. The first-order chi connectivity index (χ1) is 9.52. The molecule has 6 nitrogen and oxygen atoms in total. The molecule has 106 valence electrons. The summed E-state index contributed by atoms with van der Waals surface area (Å²) >= 11 is 1.61. The van der Waals surface area contributed by atoms with E-state index < -0.39 is 0 Å². The van der Waals surface area contributed by atoms with Gasteiger partial charge in [0.15, 0.2) is 0 Å². The predicted molar refractivity (Wildman–Crippen MR) is 80.1 cm³/mol. The van der Waals surface area contributed by atoms with Crippen LogP contribution in [0.1, 0.15) is 11.3 Å². The zero-order valence-electron chi connectivity index (χ0n) is 11.6. The van der Waals surface area contributed by atoms with Gasteiger partial charge in [-0.2, -0.15) is 5.10 Å². The molecular formula is C13H16N4O2S. The molecule has 0 unspecified atom stereocenters. The minimum absolute atomic E-state index is 0.104. The zero-order chi connectivity index (χ0) is 14.7. The quantitative estimate of drug-likeness (QED) is 0.521. The van der Waals surface area contributed by atoms with E-state index in [4.69, 9.17) is 0 Å². The number of para-hydroxylation sites is 1. The fourth-order valence-electron chi connectivity index (χ4n) is 2.02. The van der Waals surface area contributed by atoms with Gasteiger partial charge >= 0.3 is 0 Å². The van der Waals surface area contributed by atoms with Gasteiger partial charge in [-0.25, -0.2) is 0 Å². The van der Waals surface area contributed by atoms with Gasteiger partial charge in [-0.05, 0) is 18.6 Å². The summed E-state index contributed by atoms with van der Waals surface area (Å²) in [4.78, 5) is 10.6. The van der Waals surface area contributed by atoms with E-state index in [2.05, 4.69) is 10.4 Å². The van der Waals surface area contributed by atoms with E-state index in [9.17, 15) is 10.1 Å². The molecule has 0 amide bonds. The van der Waals surface area contributed by atoms with Crippen LogP contribution >= 0.6 is 11.8 Å². The molecule has 20 heavy (non-hydrogen) atoms. The molecule has 2 rings (SSSR count). The van der Waals surface area contributed by atoms with E-state index >= 15 is 0 Å². The summed E-state index contributed by atoms with van der Waals surface area (Å²) in [6.07, 6.45) is 0. The van der Waals surface area contributed by atoms with Crippen LogP contribution in [0.25, 0.3) is 0 Å². The second kappa shape index (κ2) is 5.96. The van der Waals surface area contributed by atoms with Crippen LogP contribution in [0.15, 0.2) is 29.3 Å². The molecule has 0 saturated carbocycles. The lowest BCUT2D eigenvalue weighted by Crippen LogP contribution is -2.00. The van der Waals surface area contributed by atoms with Crippen molar-refractivity contribution in [2.24, 2.45) is 7.05 Å². The molecular weight excluding hydrogens is 276 g/mol. The van der Waals surface area contributed by atoms with Gasteiger partial charge in [0.25, 0.3) is 5.69 Å². The topological polar surface area (TPSA) is 73.0 Å². The molecule has 0 saturated heterocycles. The third-order valence-corrected chi connectivity index (χ3v) is 4.04. The molecule has 0 aliphatic carbocycles. The number of benzene rings is 1. The molecule has 0 aliphatic heterocycles. The van der Waals surface area contributed by atoms with Gasteiger partial charge < -0.3 is 5.32 Å². The number of anilines is 1. The molecule has 0 spiro atoms. The highest BCUT2D eigenvalue weighted by Crippen LogP contribution is 2.32. The highest BCUT2D eigenvalue weighted by Gasteiger charge is 2.16. The van der Waals surface area contributed by atoms with E-state index in [0.717, 1.165) is 16.3 Å². The lowest BCUT2D eigenvalue weighted by atomic mass is 10.1. The lowest BCUT2D eigenvalue weighted by molar-refractivity contribution is -0.384. The molecule has 0 atom stereocenters. The Hall–Kier alpha value is -2.02. The maximum Gasteiger partial charge on any atom is 0.292 e. The fraction of sp³-hybridized carbons (Fsp3) is 0.308. The largest absolute Gasteiger partial charge is 0.382 e. The van der Waals surface area contributed by atoms with Crippen LogP contribution in [0, 0.1) is 17.0 Å². The third-order valence-electron chi connectivity index (χ3n) is 2.91. The number of nitro groups is 1. The van der Waals surface area contributed by atoms with E-state index in [-0.39, 0.29) is 10.6 Å². The second-order valence-electron chi connectivity index (χ2n) is 4.35. The number of aromatic nitrogens is 2.